The number of pyridine rings is 1. The van der Waals surface area contributed by atoms with Crippen LogP contribution in [0.2, 0.25) is 0 Å². The molecule has 0 bridgehead atoms. The van der Waals surface area contributed by atoms with Gasteiger partial charge < -0.3 is 15.0 Å². The maximum absolute atomic E-state index is 13.2. The first-order chi connectivity index (χ1) is 17.5. The van der Waals surface area contributed by atoms with Crippen LogP contribution in [-0.2, 0) is 21.3 Å². The maximum atomic E-state index is 13.2. The molecule has 0 spiro atoms. The van der Waals surface area contributed by atoms with Gasteiger partial charge in [0.05, 0.1) is 28.4 Å². The van der Waals surface area contributed by atoms with E-state index in [4.69, 9.17) is 9.84 Å². The minimum Gasteiger partial charge on any atom is -0.381 e. The molecule has 2 fully saturated rings. The summed E-state index contributed by atoms with van der Waals surface area (Å²) in [5.41, 5.74) is 1.80. The second-order valence-corrected chi connectivity index (χ2v) is 11.6. The molecule has 2 aromatic heterocycles. The van der Waals surface area contributed by atoms with Gasteiger partial charge in [-0.15, -0.1) is 0 Å². The van der Waals surface area contributed by atoms with Gasteiger partial charge in [-0.25, -0.2) is 8.42 Å². The molecule has 2 N–H and O–H groups in total. The molecule has 2 atom stereocenters. The number of hydrogen-bond acceptors (Lipinski definition) is 7. The van der Waals surface area contributed by atoms with E-state index in [9.17, 15) is 18.5 Å². The molecule has 10 nitrogen and oxygen atoms in total. The first kappa shape index (κ1) is 23.2. The van der Waals surface area contributed by atoms with E-state index >= 15 is 0 Å². The van der Waals surface area contributed by atoms with Gasteiger partial charge in [0.25, 0.3) is 5.56 Å². The fraction of sp³-hybridized carbons (Fsp3) is 0.480. The van der Waals surface area contributed by atoms with Gasteiger partial charge in [-0.2, -0.15) is 14.7 Å². The number of nitrogens with zero attached hydrogens (tertiary/aromatic N) is 4. The highest BCUT2D eigenvalue weighted by molar-refractivity contribution is 7.89. The van der Waals surface area contributed by atoms with Crippen LogP contribution in [0.15, 0.2) is 40.2 Å². The molecular formula is C25H28N6O4S. The Morgan fingerprint density at radius 2 is 1.94 bits per heavy atom. The lowest BCUT2D eigenvalue weighted by molar-refractivity contribution is 0.0581. The molecule has 2 aliphatic heterocycles. The Morgan fingerprint density at radius 1 is 1.14 bits per heavy atom. The summed E-state index contributed by atoms with van der Waals surface area (Å²) in [6.07, 6.45) is 6.66. The van der Waals surface area contributed by atoms with Crippen molar-refractivity contribution in [2.24, 2.45) is 5.92 Å². The van der Waals surface area contributed by atoms with Crippen LogP contribution in [-0.4, -0.2) is 46.7 Å². The number of nitrogens with one attached hydrogen (secondary N) is 2. The first-order valence-corrected chi connectivity index (χ1v) is 13.9. The Bertz CT molecular complexity index is 1520. The van der Waals surface area contributed by atoms with E-state index in [0.717, 1.165) is 31.2 Å². The smallest absolute Gasteiger partial charge is 0.261 e. The average Bonchev–Trinajstić information content (AvgIpc) is 3.39. The van der Waals surface area contributed by atoms with Gasteiger partial charge in [0.1, 0.15) is 5.39 Å². The van der Waals surface area contributed by atoms with Gasteiger partial charge in [-0.05, 0) is 55.5 Å². The van der Waals surface area contributed by atoms with Gasteiger partial charge in [-0.3, -0.25) is 9.48 Å². The summed E-state index contributed by atoms with van der Waals surface area (Å²) >= 11 is 0. The summed E-state index contributed by atoms with van der Waals surface area (Å²) in [6, 6.07) is 9.25. The van der Waals surface area contributed by atoms with Crippen molar-refractivity contribution in [2.75, 3.05) is 18.5 Å². The fourth-order valence-corrected chi connectivity index (χ4v) is 7.70. The van der Waals surface area contributed by atoms with Crippen molar-refractivity contribution in [1.29, 1.82) is 5.26 Å². The van der Waals surface area contributed by atoms with Crippen molar-refractivity contribution in [3.63, 3.8) is 0 Å². The van der Waals surface area contributed by atoms with Crippen molar-refractivity contribution in [3.05, 3.63) is 46.4 Å². The lowest BCUT2D eigenvalue weighted by Gasteiger charge is -2.29. The van der Waals surface area contributed by atoms with Gasteiger partial charge in [0, 0.05) is 37.7 Å². The van der Waals surface area contributed by atoms with Crippen LogP contribution in [0.4, 0.5) is 11.5 Å². The zero-order valence-electron chi connectivity index (χ0n) is 19.8. The monoisotopic (exact) mass is 508 g/mol. The number of ether oxygens (including phenoxy) is 1. The highest BCUT2D eigenvalue weighted by Gasteiger charge is 2.39. The van der Waals surface area contributed by atoms with Crippen molar-refractivity contribution < 1.29 is 13.2 Å². The maximum Gasteiger partial charge on any atom is 0.261 e. The summed E-state index contributed by atoms with van der Waals surface area (Å²) in [6.45, 7) is 1.45. The van der Waals surface area contributed by atoms with E-state index in [0.29, 0.717) is 59.9 Å². The molecule has 2 unspecified atom stereocenters. The Hall–Kier alpha value is -3.20. The van der Waals surface area contributed by atoms with Crippen LogP contribution in [0.5, 0.6) is 0 Å². The molecule has 188 valence electrons. The summed E-state index contributed by atoms with van der Waals surface area (Å²) in [5, 5.41) is 18.2. The van der Waals surface area contributed by atoms with Crippen LogP contribution in [0, 0.1) is 17.2 Å². The molecule has 1 aliphatic carbocycles. The molecule has 1 aromatic carbocycles. The van der Waals surface area contributed by atoms with Crippen LogP contribution in [0.1, 0.15) is 50.1 Å². The zero-order valence-corrected chi connectivity index (χ0v) is 20.6. The highest BCUT2D eigenvalue weighted by atomic mass is 32.2. The Labute approximate surface area is 208 Å². The quantitative estimate of drug-likeness (QED) is 0.552. The molecule has 3 aromatic rings. The van der Waals surface area contributed by atoms with E-state index < -0.39 is 10.0 Å². The zero-order chi connectivity index (χ0) is 24.9. The second kappa shape index (κ2) is 9.03. The number of sulfonamides is 1. The first-order valence-electron chi connectivity index (χ1n) is 12.5. The number of benzene rings is 1. The molecule has 4 heterocycles. The number of rotatable bonds is 4. The van der Waals surface area contributed by atoms with Gasteiger partial charge in [0.2, 0.25) is 10.0 Å². The molecule has 3 aliphatic rings. The largest absolute Gasteiger partial charge is 0.381 e. The number of hydrogen-bond donors (Lipinski definition) is 2. The average molecular weight is 509 g/mol. The van der Waals surface area contributed by atoms with Crippen molar-refractivity contribution in [2.45, 2.75) is 62.0 Å². The van der Waals surface area contributed by atoms with E-state index in [1.54, 1.807) is 22.6 Å². The molecule has 11 heteroatoms. The van der Waals surface area contributed by atoms with E-state index in [1.165, 1.54) is 0 Å². The van der Waals surface area contributed by atoms with Gasteiger partial charge >= 0.3 is 0 Å². The molecular weight excluding hydrogens is 480 g/mol. The minimum atomic E-state index is -3.55. The third-order valence-corrected chi connectivity index (χ3v) is 9.67. The van der Waals surface area contributed by atoms with Crippen LogP contribution in [0.3, 0.4) is 0 Å². The van der Waals surface area contributed by atoms with Gasteiger partial charge in [-0.1, -0.05) is 12.8 Å². The molecule has 36 heavy (non-hydrogen) atoms. The molecule has 0 amide bonds. The normalized spacial score (nSPS) is 24.4. The summed E-state index contributed by atoms with van der Waals surface area (Å²) in [4.78, 5) is 15.9. The Balaban J connectivity index is 1.35. The van der Waals surface area contributed by atoms with Gasteiger partial charge in [0.15, 0.2) is 5.82 Å². The van der Waals surface area contributed by atoms with Crippen LogP contribution < -0.4 is 10.9 Å². The number of nitriles is 1. The van der Waals surface area contributed by atoms with Crippen molar-refractivity contribution in [3.8, 4) is 6.07 Å². The Kier molecular flexibility index (Phi) is 5.82. The lowest BCUT2D eigenvalue weighted by Crippen LogP contribution is -2.39. The predicted octanol–water partition coefficient (Wildman–Crippen LogP) is 3.41. The number of aromatic amines is 1. The predicted molar refractivity (Wildman–Crippen MR) is 133 cm³/mol. The standard InChI is InChI=1S/C25H28N6O4S/c26-14-16-3-1-2-4-20(16)31-21-7-10-27-25(32)23(21)24(29-31)28-18-5-6-22-17(13-18)15-30(36(22,33)34)19-8-11-35-12-9-19/h5-7,10,13,16,19-20H,1-4,8-9,11-12,15H2,(H,27,32)(H,28,29). The fourth-order valence-electron chi connectivity index (χ4n) is 5.84. The summed E-state index contributed by atoms with van der Waals surface area (Å²) in [7, 11) is -3.55. The third-order valence-electron chi connectivity index (χ3n) is 7.67. The van der Waals surface area contributed by atoms with E-state index in [1.807, 2.05) is 16.8 Å². The molecule has 0 radical (unpaired) electrons. The third kappa shape index (κ3) is 3.80. The Morgan fingerprint density at radius 3 is 2.75 bits per heavy atom. The number of fused-ring (bicyclic) bond motifs is 2. The molecule has 6 rings (SSSR count). The molecule has 1 saturated heterocycles. The number of anilines is 2. The topological polar surface area (TPSA) is 133 Å². The van der Waals surface area contributed by atoms with Crippen LogP contribution in [0.25, 0.3) is 10.9 Å². The highest BCUT2D eigenvalue weighted by Crippen LogP contribution is 2.38. The van der Waals surface area contributed by atoms with Crippen molar-refractivity contribution in [1.82, 2.24) is 19.1 Å². The summed E-state index contributed by atoms with van der Waals surface area (Å²) in [5.74, 6) is 0.242. The number of aromatic nitrogens is 3. The van der Waals surface area contributed by atoms with E-state index in [-0.39, 0.29) is 23.6 Å². The van der Waals surface area contributed by atoms with Crippen molar-refractivity contribution >= 4 is 32.4 Å². The SMILES string of the molecule is N#CC1CCCCC1n1nc(Nc2ccc3c(c2)CN(C2CCOCC2)S3(=O)=O)c2c(=O)[nH]ccc21. The van der Waals surface area contributed by atoms with Crippen LogP contribution >= 0.6 is 0 Å². The summed E-state index contributed by atoms with van der Waals surface area (Å²) < 4.78 is 35.2. The van der Waals surface area contributed by atoms with E-state index in [2.05, 4.69) is 16.4 Å². The molecule has 1 saturated carbocycles. The second-order valence-electron chi connectivity index (χ2n) is 9.79. The number of H-pyrrole nitrogens is 1. The lowest BCUT2D eigenvalue weighted by atomic mass is 9.85. The minimum absolute atomic E-state index is 0.0608.